The van der Waals surface area contributed by atoms with E-state index < -0.39 is 97.5 Å². The summed E-state index contributed by atoms with van der Waals surface area (Å²) in [5.74, 6) is -11.1. The summed E-state index contributed by atoms with van der Waals surface area (Å²) >= 11 is 0. The Morgan fingerprint density at radius 2 is 1.50 bits per heavy atom. The molecule has 324 valence electrons. The molecule has 1 aromatic rings. The summed E-state index contributed by atoms with van der Waals surface area (Å²) < 4.78 is 146. The van der Waals surface area contributed by atoms with Crippen molar-refractivity contribution < 1.29 is 83.3 Å². The van der Waals surface area contributed by atoms with Crippen molar-refractivity contribution in [3.8, 4) is 5.75 Å². The third-order valence-corrected chi connectivity index (χ3v) is 15.0. The highest BCUT2D eigenvalue weighted by molar-refractivity contribution is 7.48. The van der Waals surface area contributed by atoms with E-state index in [4.69, 9.17) is 42.3 Å². The van der Waals surface area contributed by atoms with Crippen LogP contribution in [0.5, 0.6) is 5.75 Å². The zero-order chi connectivity index (χ0) is 41.7. The number of para-hydroxylation sites is 1. The molecule has 12 nitrogen and oxygen atoms in total. The van der Waals surface area contributed by atoms with E-state index in [1.54, 1.807) is 13.0 Å². The third-order valence-electron chi connectivity index (χ3n) is 13.6. The van der Waals surface area contributed by atoms with Gasteiger partial charge in [-0.05, 0) is 88.2 Å². The van der Waals surface area contributed by atoms with Crippen molar-refractivity contribution in [1.29, 1.82) is 0 Å². The molecule has 19 heteroatoms. The van der Waals surface area contributed by atoms with Crippen molar-refractivity contribution in [3.63, 3.8) is 0 Å². The van der Waals surface area contributed by atoms with Gasteiger partial charge in [0.2, 0.25) is 35.2 Å². The van der Waals surface area contributed by atoms with Crippen LogP contribution in [0.2, 0.25) is 0 Å². The molecule has 0 radical (unpaired) electrons. The Morgan fingerprint density at radius 3 is 2.17 bits per heavy atom. The molecule has 2 aliphatic carbocycles. The smallest absolute Gasteiger partial charge is 0.457 e. The van der Waals surface area contributed by atoms with E-state index in [0.29, 0.717) is 32.1 Å². The minimum Gasteiger partial charge on any atom is -0.457 e. The molecule has 0 aromatic heterocycles. The van der Waals surface area contributed by atoms with Crippen LogP contribution < -0.4 is 4.52 Å². The maximum Gasteiger partial charge on any atom is 0.530 e. The molecule has 6 fully saturated rings. The lowest BCUT2D eigenvalue weighted by Gasteiger charge is -2.57. The summed E-state index contributed by atoms with van der Waals surface area (Å²) in [6.07, 6.45) is -8.78. The molecule has 1 spiro atoms. The zero-order valence-corrected chi connectivity index (χ0v) is 33.6. The molecular formula is C39H49F6O12P. The first-order chi connectivity index (χ1) is 27.1. The summed E-state index contributed by atoms with van der Waals surface area (Å²) in [5, 5.41) is 9.75. The van der Waals surface area contributed by atoms with Crippen molar-refractivity contribution in [1.82, 2.24) is 0 Å². The van der Waals surface area contributed by atoms with E-state index in [1.807, 2.05) is 13.8 Å². The van der Waals surface area contributed by atoms with Gasteiger partial charge in [-0.25, -0.2) is 24.5 Å². The van der Waals surface area contributed by atoms with Gasteiger partial charge in [-0.15, -0.1) is 0 Å². The lowest BCUT2D eigenvalue weighted by atomic mass is 9.59. The first-order valence-corrected chi connectivity index (χ1v) is 21.3. The van der Waals surface area contributed by atoms with Crippen LogP contribution in [0.15, 0.2) is 53.0 Å². The average Bonchev–Trinajstić information content (AvgIpc) is 3.45. The SMILES string of the molecule is C[C@@H]1CC[C@H]2C(COP(=O)(OCC3=C(C(F)(F)F)O[C@@H]4OC5(C)CCC6[C@H](C)CC[C@@H]3[C@]64OO5)Oc3ccccc3)=C(C(F)(F)F)O[C@@]3(C)O[C@](C)(OO)CCC1C23. The van der Waals surface area contributed by atoms with Gasteiger partial charge in [0.15, 0.2) is 5.60 Å². The number of fused-ring (bicyclic) bond motifs is 2. The Hall–Kier alpha value is -2.41. The first kappa shape index (κ1) is 42.3. The molecule has 4 saturated heterocycles. The van der Waals surface area contributed by atoms with Crippen molar-refractivity contribution in [2.45, 2.75) is 128 Å². The molecule has 6 aliphatic heterocycles. The molecule has 2 saturated carbocycles. The minimum absolute atomic E-state index is 0.0118. The average molecular weight is 855 g/mol. The highest BCUT2D eigenvalue weighted by Gasteiger charge is 2.70. The number of ether oxygens (including phenoxy) is 4. The van der Waals surface area contributed by atoms with Crippen LogP contribution in [0.3, 0.4) is 0 Å². The summed E-state index contributed by atoms with van der Waals surface area (Å²) in [5.41, 5.74) is -2.34. The molecule has 9 rings (SSSR count). The van der Waals surface area contributed by atoms with Crippen LogP contribution in [0.25, 0.3) is 0 Å². The predicted molar refractivity (Wildman–Crippen MR) is 187 cm³/mol. The second-order valence-corrected chi connectivity index (χ2v) is 19.0. The van der Waals surface area contributed by atoms with Crippen LogP contribution in [0.1, 0.15) is 86.0 Å². The van der Waals surface area contributed by atoms with Gasteiger partial charge in [-0.1, -0.05) is 32.0 Å². The van der Waals surface area contributed by atoms with Gasteiger partial charge in [0.1, 0.15) is 5.75 Å². The highest BCUT2D eigenvalue weighted by atomic mass is 31.2. The number of phosphoric ester groups is 1. The fourth-order valence-corrected chi connectivity index (χ4v) is 12.1. The Bertz CT molecular complexity index is 1840. The van der Waals surface area contributed by atoms with Crippen LogP contribution in [0, 0.1) is 41.4 Å². The fourth-order valence-electron chi connectivity index (χ4n) is 11.0. The quantitative estimate of drug-likeness (QED) is 0.110. The molecule has 1 N–H and O–H groups in total. The van der Waals surface area contributed by atoms with Crippen LogP contribution >= 0.6 is 7.82 Å². The van der Waals surface area contributed by atoms with Crippen molar-refractivity contribution in [2.75, 3.05) is 13.2 Å². The number of hydrogen-bond donors (Lipinski definition) is 1. The molecule has 1 aromatic carbocycles. The molecular weight excluding hydrogens is 805 g/mol. The van der Waals surface area contributed by atoms with Crippen LogP contribution in [0.4, 0.5) is 26.3 Å². The zero-order valence-electron chi connectivity index (χ0n) is 32.7. The van der Waals surface area contributed by atoms with Gasteiger partial charge in [-0.3, -0.25) is 9.05 Å². The second kappa shape index (κ2) is 14.6. The normalized spacial score (nSPS) is 42.3. The van der Waals surface area contributed by atoms with E-state index in [9.17, 15) is 23.0 Å². The maximum atomic E-state index is 15.1. The number of halogens is 6. The summed E-state index contributed by atoms with van der Waals surface area (Å²) in [6, 6.07) is 7.46. The largest absolute Gasteiger partial charge is 0.530 e. The summed E-state index contributed by atoms with van der Waals surface area (Å²) in [6.45, 7) is 6.33. The topological polar surface area (TPSA) is 130 Å². The summed E-state index contributed by atoms with van der Waals surface area (Å²) in [4.78, 5) is 16.4. The van der Waals surface area contributed by atoms with Gasteiger partial charge < -0.3 is 23.5 Å². The lowest BCUT2D eigenvalue weighted by molar-refractivity contribution is -0.557. The monoisotopic (exact) mass is 854 g/mol. The molecule has 58 heavy (non-hydrogen) atoms. The van der Waals surface area contributed by atoms with Gasteiger partial charge >= 0.3 is 20.2 Å². The standard InChI is InChI=1S/C39H49F6O12P/c1-21-11-13-25-26(32(39(43,44)45)51-36(5)30(25)24(21)15-17-35(4,54-36)55-46)19-48-58(47,53-23-9-7-6-8-10-23)49-20-27-29-14-12-22(2)28-16-18-34(3)52-33(37(28,29)57-56-34)50-31(27)38(40,41)42/h6-10,21-22,24-25,28-30,33,46H,11-20H2,1-5H3/t21-,22-,24?,25+,28?,29+,30?,33-,34?,35-,36+,37-,58?/m1/s1. The van der Waals surface area contributed by atoms with Gasteiger partial charge in [0.05, 0.1) is 13.2 Å². The Labute approximate surface area is 331 Å². The Balaban J connectivity index is 1.15. The van der Waals surface area contributed by atoms with Crippen LogP contribution in [-0.2, 0) is 47.2 Å². The van der Waals surface area contributed by atoms with Crippen molar-refractivity contribution in [2.24, 2.45) is 41.4 Å². The van der Waals surface area contributed by atoms with Gasteiger partial charge in [-0.2, -0.15) is 26.3 Å². The number of rotatable bonds is 9. The van der Waals surface area contributed by atoms with E-state index in [-0.39, 0.29) is 54.3 Å². The Kier molecular flexibility index (Phi) is 10.7. The molecule has 13 atom stereocenters. The van der Waals surface area contributed by atoms with Crippen molar-refractivity contribution in [3.05, 3.63) is 53.0 Å². The Morgan fingerprint density at radius 1 is 0.828 bits per heavy atom. The number of hydrogen-bond acceptors (Lipinski definition) is 12. The molecule has 8 aliphatic rings. The maximum absolute atomic E-state index is 15.1. The van der Waals surface area contributed by atoms with Gasteiger partial charge in [0.25, 0.3) is 0 Å². The third kappa shape index (κ3) is 7.29. The van der Waals surface area contributed by atoms with E-state index >= 15 is 13.2 Å². The number of phosphoric acid groups is 1. The van der Waals surface area contributed by atoms with E-state index in [0.717, 1.165) is 0 Å². The predicted octanol–water partition coefficient (Wildman–Crippen LogP) is 10.1. The lowest BCUT2D eigenvalue weighted by Crippen LogP contribution is -2.67. The fraction of sp³-hybridized carbons (Fsp3) is 0.744. The molecule has 2 bridgehead atoms. The first-order valence-electron chi connectivity index (χ1n) is 19.8. The molecule has 5 unspecified atom stereocenters. The second-order valence-electron chi connectivity index (χ2n) is 17.4. The van der Waals surface area contributed by atoms with E-state index in [1.165, 1.54) is 38.1 Å². The number of alkyl halides is 6. The van der Waals surface area contributed by atoms with Crippen molar-refractivity contribution >= 4 is 7.82 Å². The van der Waals surface area contributed by atoms with E-state index in [2.05, 4.69) is 4.89 Å². The number of benzene rings is 1. The minimum atomic E-state index is -5.10. The summed E-state index contributed by atoms with van der Waals surface area (Å²) in [7, 11) is -5.09. The highest BCUT2D eigenvalue weighted by Crippen LogP contribution is 2.63. The van der Waals surface area contributed by atoms with Crippen LogP contribution in [-0.4, -0.2) is 60.1 Å². The molecule has 0 amide bonds. The van der Waals surface area contributed by atoms with Gasteiger partial charge in [0, 0.05) is 48.7 Å². The number of allylic oxidation sites excluding steroid dienone is 2. The molecule has 6 heterocycles.